The zero-order valence-electron chi connectivity index (χ0n) is 24.3. The number of fused-ring (bicyclic) bond motifs is 1. The van der Waals surface area contributed by atoms with Crippen molar-refractivity contribution in [2.45, 2.75) is 18.6 Å². The van der Waals surface area contributed by atoms with Crippen LogP contribution in [0.25, 0.3) is 22.2 Å². The summed E-state index contributed by atoms with van der Waals surface area (Å²) in [7, 11) is 0. The molecule has 0 aliphatic heterocycles. The zero-order valence-corrected chi connectivity index (χ0v) is 24.3. The van der Waals surface area contributed by atoms with Crippen LogP contribution in [-0.4, -0.2) is 14.8 Å². The Bertz CT molecular complexity index is 1870. The van der Waals surface area contributed by atoms with Crippen molar-refractivity contribution in [3.05, 3.63) is 186 Å². The molecule has 0 aliphatic carbocycles. The van der Waals surface area contributed by atoms with Gasteiger partial charge in [-0.15, -0.1) is 0 Å². The van der Waals surface area contributed by atoms with E-state index in [9.17, 15) is 0 Å². The van der Waals surface area contributed by atoms with Gasteiger partial charge in [-0.05, 0) is 52.1 Å². The summed E-state index contributed by atoms with van der Waals surface area (Å²) >= 11 is 0. The maximum atomic E-state index is 6.85. The summed E-state index contributed by atoms with van der Waals surface area (Å²) in [6.45, 7) is 1.40. The molecular formula is C39H33N5. The molecule has 0 radical (unpaired) electrons. The number of nitrogen functional groups attached to an aromatic ring is 1. The number of pyridine rings is 1. The van der Waals surface area contributed by atoms with E-state index in [1.54, 1.807) is 0 Å². The number of nitrogens with zero attached hydrogens (tertiary/aromatic N) is 3. The molecule has 2 heterocycles. The zero-order chi connectivity index (χ0) is 29.8. The van der Waals surface area contributed by atoms with Crippen LogP contribution in [0.4, 0.5) is 5.69 Å². The summed E-state index contributed by atoms with van der Waals surface area (Å²) in [5.41, 5.74) is 15.2. The predicted octanol–water partition coefficient (Wildman–Crippen LogP) is 7.81. The van der Waals surface area contributed by atoms with Crippen LogP contribution in [-0.2, 0) is 18.6 Å². The highest BCUT2D eigenvalue weighted by Gasteiger charge is 2.41. The first-order valence-electron chi connectivity index (χ1n) is 14.9. The molecule has 5 nitrogen and oxygen atoms in total. The minimum absolute atomic E-state index is 0.638. The van der Waals surface area contributed by atoms with E-state index in [2.05, 4.69) is 142 Å². The van der Waals surface area contributed by atoms with E-state index in [1.165, 1.54) is 5.56 Å². The average molecular weight is 572 g/mol. The fourth-order valence-corrected chi connectivity index (χ4v) is 6.20. The predicted molar refractivity (Wildman–Crippen MR) is 179 cm³/mol. The molecule has 0 saturated carbocycles. The van der Waals surface area contributed by atoms with E-state index in [0.717, 1.165) is 56.6 Å². The largest absolute Gasteiger partial charge is 0.398 e. The standard InChI is InChI=1S/C39H33N5/c40-36-26-37-35(25-31(36)28-42-27-29-13-5-1-6-14-29)38(30-21-23-41-24-22-30)43-44(37)39(32-15-7-2-8-16-32,33-17-9-3-10-18-33)34-19-11-4-12-20-34/h1-26,42H,27-28,40H2. The number of nitrogens with two attached hydrogens (primary N) is 1. The Labute approximate surface area is 257 Å². The first kappa shape index (κ1) is 27.3. The van der Waals surface area contributed by atoms with Crippen LogP contribution in [0.2, 0.25) is 0 Å². The Morgan fingerprint density at radius 1 is 0.614 bits per heavy atom. The number of hydrogen-bond acceptors (Lipinski definition) is 4. The minimum Gasteiger partial charge on any atom is -0.398 e. The van der Waals surface area contributed by atoms with Gasteiger partial charge in [-0.3, -0.25) is 4.98 Å². The van der Waals surface area contributed by atoms with Crippen molar-refractivity contribution in [1.29, 1.82) is 0 Å². The van der Waals surface area contributed by atoms with Gasteiger partial charge in [0, 0.05) is 42.1 Å². The highest BCUT2D eigenvalue weighted by Crippen LogP contribution is 2.44. The van der Waals surface area contributed by atoms with Crippen LogP contribution >= 0.6 is 0 Å². The SMILES string of the molecule is Nc1cc2c(cc1CNCc1ccccc1)c(-c1ccncc1)nn2C(c1ccccc1)(c1ccccc1)c1ccccc1. The monoisotopic (exact) mass is 571 g/mol. The van der Waals surface area contributed by atoms with Crippen LogP contribution in [0.1, 0.15) is 27.8 Å². The molecule has 2 aromatic heterocycles. The van der Waals surface area contributed by atoms with Crippen LogP contribution in [0.15, 0.2) is 158 Å². The second-order valence-corrected chi connectivity index (χ2v) is 11.0. The van der Waals surface area contributed by atoms with Crippen molar-refractivity contribution >= 4 is 16.6 Å². The topological polar surface area (TPSA) is 68.8 Å². The summed E-state index contributed by atoms with van der Waals surface area (Å²) in [5.74, 6) is 0. The fourth-order valence-electron chi connectivity index (χ4n) is 6.20. The number of aromatic nitrogens is 3. The second-order valence-electron chi connectivity index (χ2n) is 11.0. The molecule has 0 unspecified atom stereocenters. The van der Waals surface area contributed by atoms with Gasteiger partial charge in [-0.2, -0.15) is 5.10 Å². The second kappa shape index (κ2) is 12.0. The van der Waals surface area contributed by atoms with E-state index in [-0.39, 0.29) is 0 Å². The molecule has 0 bridgehead atoms. The van der Waals surface area contributed by atoms with E-state index >= 15 is 0 Å². The van der Waals surface area contributed by atoms with Crippen LogP contribution in [0, 0.1) is 0 Å². The van der Waals surface area contributed by atoms with Crippen LogP contribution in [0.5, 0.6) is 0 Å². The Hall–Kier alpha value is -5.52. The smallest absolute Gasteiger partial charge is 0.138 e. The number of hydrogen-bond donors (Lipinski definition) is 2. The number of rotatable bonds is 9. The van der Waals surface area contributed by atoms with Gasteiger partial charge >= 0.3 is 0 Å². The lowest BCUT2D eigenvalue weighted by Gasteiger charge is -2.37. The van der Waals surface area contributed by atoms with Crippen molar-refractivity contribution in [2.75, 3.05) is 5.73 Å². The average Bonchev–Trinajstić information content (AvgIpc) is 3.46. The molecule has 5 aromatic carbocycles. The quantitative estimate of drug-likeness (QED) is 0.137. The van der Waals surface area contributed by atoms with Gasteiger partial charge in [-0.25, -0.2) is 4.68 Å². The van der Waals surface area contributed by atoms with Crippen LogP contribution < -0.4 is 11.1 Å². The van der Waals surface area contributed by atoms with E-state index in [1.807, 2.05) is 30.6 Å². The van der Waals surface area contributed by atoms with Gasteiger partial charge in [0.2, 0.25) is 0 Å². The molecule has 3 N–H and O–H groups in total. The molecule has 0 spiro atoms. The molecule has 7 aromatic rings. The van der Waals surface area contributed by atoms with Crippen molar-refractivity contribution in [3.63, 3.8) is 0 Å². The third-order valence-electron chi connectivity index (χ3n) is 8.27. The normalized spacial score (nSPS) is 11.5. The molecule has 0 saturated heterocycles. The van der Waals surface area contributed by atoms with Crippen molar-refractivity contribution in [1.82, 2.24) is 20.1 Å². The maximum absolute atomic E-state index is 6.85. The molecule has 0 atom stereocenters. The van der Waals surface area contributed by atoms with Crippen molar-refractivity contribution < 1.29 is 0 Å². The Morgan fingerprint density at radius 2 is 1.14 bits per heavy atom. The third-order valence-corrected chi connectivity index (χ3v) is 8.27. The molecule has 7 rings (SSSR count). The summed E-state index contributed by atoms with van der Waals surface area (Å²) in [6, 6.07) is 50.6. The van der Waals surface area contributed by atoms with Gasteiger partial charge < -0.3 is 11.1 Å². The first-order chi connectivity index (χ1) is 21.7. The number of nitrogens with one attached hydrogen (secondary N) is 1. The summed E-state index contributed by atoms with van der Waals surface area (Å²) in [4.78, 5) is 4.29. The summed E-state index contributed by atoms with van der Waals surface area (Å²) < 4.78 is 2.18. The van der Waals surface area contributed by atoms with Gasteiger partial charge in [0.15, 0.2) is 0 Å². The minimum atomic E-state index is -0.771. The lowest BCUT2D eigenvalue weighted by atomic mass is 9.77. The maximum Gasteiger partial charge on any atom is 0.138 e. The molecule has 0 fully saturated rings. The van der Waals surface area contributed by atoms with E-state index in [4.69, 9.17) is 10.8 Å². The fraction of sp³-hybridized carbons (Fsp3) is 0.0769. The van der Waals surface area contributed by atoms with Crippen molar-refractivity contribution in [3.8, 4) is 11.3 Å². The molecule has 0 aliphatic rings. The highest BCUT2D eigenvalue weighted by molar-refractivity contribution is 5.96. The molecule has 44 heavy (non-hydrogen) atoms. The third kappa shape index (κ3) is 4.93. The van der Waals surface area contributed by atoms with Gasteiger partial charge in [-0.1, -0.05) is 121 Å². The lowest BCUT2D eigenvalue weighted by molar-refractivity contribution is 0.477. The number of benzene rings is 5. The van der Waals surface area contributed by atoms with E-state index in [0.29, 0.717) is 6.54 Å². The Balaban J connectivity index is 1.49. The molecule has 214 valence electrons. The van der Waals surface area contributed by atoms with Gasteiger partial charge in [0.25, 0.3) is 0 Å². The Kier molecular flexibility index (Phi) is 7.45. The lowest BCUT2D eigenvalue weighted by Crippen LogP contribution is -2.38. The molecule has 5 heteroatoms. The molecule has 0 amide bonds. The highest BCUT2D eigenvalue weighted by atomic mass is 15.3. The van der Waals surface area contributed by atoms with Gasteiger partial charge in [0.05, 0.1) is 5.52 Å². The molecular weight excluding hydrogens is 538 g/mol. The van der Waals surface area contributed by atoms with Crippen LogP contribution in [0.3, 0.4) is 0 Å². The van der Waals surface area contributed by atoms with E-state index < -0.39 is 5.54 Å². The summed E-state index contributed by atoms with van der Waals surface area (Å²) in [5, 5.41) is 10.1. The summed E-state index contributed by atoms with van der Waals surface area (Å²) in [6.07, 6.45) is 3.64. The number of anilines is 1. The van der Waals surface area contributed by atoms with Gasteiger partial charge in [0.1, 0.15) is 11.2 Å². The van der Waals surface area contributed by atoms with Crippen molar-refractivity contribution in [2.24, 2.45) is 0 Å². The Morgan fingerprint density at radius 3 is 1.68 bits per heavy atom. The first-order valence-corrected chi connectivity index (χ1v) is 14.9.